The maximum Gasteiger partial charge on any atom is 0.221 e. The first-order valence-electron chi connectivity index (χ1n) is 6.28. The second-order valence-electron chi connectivity index (χ2n) is 4.70. The van der Waals surface area contributed by atoms with E-state index in [-0.39, 0.29) is 5.91 Å². The lowest BCUT2D eigenvalue weighted by Gasteiger charge is -2.12. The Balaban J connectivity index is 2.20. The molecule has 20 heavy (non-hydrogen) atoms. The predicted molar refractivity (Wildman–Crippen MR) is 84.4 cm³/mol. The van der Waals surface area contributed by atoms with Gasteiger partial charge in [0.25, 0.3) is 0 Å². The number of amides is 1. The SMILES string of the molecule is CC(=O)Nc1ccc(Oc2c(C)cc(C)cc2Br)cc1. The van der Waals surface area contributed by atoms with Gasteiger partial charge in [-0.15, -0.1) is 0 Å². The number of hydrogen-bond acceptors (Lipinski definition) is 2. The van der Waals surface area contributed by atoms with Crippen molar-refractivity contribution in [1.29, 1.82) is 0 Å². The average Bonchev–Trinajstić information content (AvgIpc) is 2.35. The number of aryl methyl sites for hydroxylation is 2. The van der Waals surface area contributed by atoms with Gasteiger partial charge in [0, 0.05) is 12.6 Å². The predicted octanol–water partition coefficient (Wildman–Crippen LogP) is 4.82. The highest BCUT2D eigenvalue weighted by molar-refractivity contribution is 9.10. The monoisotopic (exact) mass is 333 g/mol. The van der Waals surface area contributed by atoms with Gasteiger partial charge in [0.15, 0.2) is 0 Å². The molecule has 0 fully saturated rings. The first-order chi connectivity index (χ1) is 9.45. The van der Waals surface area contributed by atoms with Gasteiger partial charge in [-0.05, 0) is 71.2 Å². The van der Waals surface area contributed by atoms with Gasteiger partial charge < -0.3 is 10.1 Å². The van der Waals surface area contributed by atoms with Crippen molar-refractivity contribution in [3.8, 4) is 11.5 Å². The van der Waals surface area contributed by atoms with E-state index in [1.54, 1.807) is 0 Å². The van der Waals surface area contributed by atoms with Crippen LogP contribution in [-0.4, -0.2) is 5.91 Å². The zero-order valence-corrected chi connectivity index (χ0v) is 13.2. The summed E-state index contributed by atoms with van der Waals surface area (Å²) in [6.45, 7) is 5.54. The van der Waals surface area contributed by atoms with E-state index >= 15 is 0 Å². The molecule has 2 aromatic carbocycles. The van der Waals surface area contributed by atoms with E-state index in [1.165, 1.54) is 12.5 Å². The van der Waals surface area contributed by atoms with E-state index in [4.69, 9.17) is 4.74 Å². The maximum absolute atomic E-state index is 11.0. The van der Waals surface area contributed by atoms with Gasteiger partial charge in [0.2, 0.25) is 5.91 Å². The second-order valence-corrected chi connectivity index (χ2v) is 5.55. The van der Waals surface area contributed by atoms with Crippen molar-refractivity contribution in [2.75, 3.05) is 5.32 Å². The van der Waals surface area contributed by atoms with Crippen LogP contribution in [0.4, 0.5) is 5.69 Å². The lowest BCUT2D eigenvalue weighted by molar-refractivity contribution is -0.114. The Bertz CT molecular complexity index is 612. The number of anilines is 1. The van der Waals surface area contributed by atoms with Crippen molar-refractivity contribution >= 4 is 27.5 Å². The third-order valence-electron chi connectivity index (χ3n) is 2.77. The Morgan fingerprint density at radius 3 is 2.35 bits per heavy atom. The molecule has 0 atom stereocenters. The molecule has 0 aliphatic heterocycles. The molecule has 2 rings (SSSR count). The van der Waals surface area contributed by atoms with Gasteiger partial charge in [-0.25, -0.2) is 0 Å². The summed E-state index contributed by atoms with van der Waals surface area (Å²) in [5, 5.41) is 2.72. The van der Waals surface area contributed by atoms with Crippen molar-refractivity contribution in [1.82, 2.24) is 0 Å². The molecule has 0 unspecified atom stereocenters. The average molecular weight is 334 g/mol. The molecule has 0 saturated carbocycles. The fraction of sp³-hybridized carbons (Fsp3) is 0.188. The molecule has 0 aliphatic rings. The van der Waals surface area contributed by atoms with Gasteiger partial charge in [-0.1, -0.05) is 6.07 Å². The Kier molecular flexibility index (Phi) is 4.45. The number of ether oxygens (including phenoxy) is 1. The quantitative estimate of drug-likeness (QED) is 0.874. The van der Waals surface area contributed by atoms with Gasteiger partial charge in [-0.3, -0.25) is 4.79 Å². The van der Waals surface area contributed by atoms with E-state index in [1.807, 2.05) is 44.2 Å². The first-order valence-corrected chi connectivity index (χ1v) is 7.07. The molecule has 3 nitrogen and oxygen atoms in total. The normalized spacial score (nSPS) is 10.2. The Hall–Kier alpha value is -1.81. The number of carbonyl (C=O) groups is 1. The number of hydrogen-bond donors (Lipinski definition) is 1. The van der Waals surface area contributed by atoms with E-state index < -0.39 is 0 Å². The molecular weight excluding hydrogens is 318 g/mol. The number of benzene rings is 2. The topological polar surface area (TPSA) is 38.3 Å². The fourth-order valence-corrected chi connectivity index (χ4v) is 2.71. The van der Waals surface area contributed by atoms with Crippen LogP contribution in [0.25, 0.3) is 0 Å². The van der Waals surface area contributed by atoms with E-state index in [0.29, 0.717) is 0 Å². The van der Waals surface area contributed by atoms with E-state index in [2.05, 4.69) is 27.3 Å². The number of carbonyl (C=O) groups excluding carboxylic acids is 1. The highest BCUT2D eigenvalue weighted by atomic mass is 79.9. The number of nitrogens with one attached hydrogen (secondary N) is 1. The van der Waals surface area contributed by atoms with E-state index in [9.17, 15) is 4.79 Å². The van der Waals surface area contributed by atoms with Gasteiger partial charge in [0.05, 0.1) is 4.47 Å². The summed E-state index contributed by atoms with van der Waals surface area (Å²) in [7, 11) is 0. The number of halogens is 1. The van der Waals surface area contributed by atoms with Gasteiger partial charge in [0.1, 0.15) is 11.5 Å². The van der Waals surface area contributed by atoms with Crippen LogP contribution in [0.2, 0.25) is 0 Å². The third-order valence-corrected chi connectivity index (χ3v) is 3.36. The maximum atomic E-state index is 11.0. The van der Waals surface area contributed by atoms with Gasteiger partial charge in [-0.2, -0.15) is 0 Å². The summed E-state index contributed by atoms with van der Waals surface area (Å²) in [5.41, 5.74) is 3.01. The molecule has 0 spiro atoms. The van der Waals surface area contributed by atoms with Crippen LogP contribution in [0.5, 0.6) is 11.5 Å². The molecule has 0 radical (unpaired) electrons. The highest BCUT2D eigenvalue weighted by Gasteiger charge is 2.07. The molecule has 0 aliphatic carbocycles. The molecule has 0 bridgehead atoms. The molecule has 104 valence electrons. The van der Waals surface area contributed by atoms with Crippen LogP contribution in [0, 0.1) is 13.8 Å². The van der Waals surface area contributed by atoms with Crippen molar-refractivity contribution in [3.63, 3.8) is 0 Å². The van der Waals surface area contributed by atoms with Crippen molar-refractivity contribution < 1.29 is 9.53 Å². The highest BCUT2D eigenvalue weighted by Crippen LogP contribution is 2.34. The summed E-state index contributed by atoms with van der Waals surface area (Å²) in [4.78, 5) is 11.0. The lowest BCUT2D eigenvalue weighted by atomic mass is 10.1. The van der Waals surface area contributed by atoms with Crippen LogP contribution >= 0.6 is 15.9 Å². The molecule has 0 heterocycles. The minimum Gasteiger partial charge on any atom is -0.456 e. The fourth-order valence-electron chi connectivity index (χ4n) is 1.96. The van der Waals surface area contributed by atoms with Crippen LogP contribution in [-0.2, 0) is 4.79 Å². The zero-order chi connectivity index (χ0) is 14.7. The molecule has 4 heteroatoms. The smallest absolute Gasteiger partial charge is 0.221 e. The summed E-state index contributed by atoms with van der Waals surface area (Å²) in [6, 6.07) is 11.4. The van der Waals surface area contributed by atoms with Crippen molar-refractivity contribution in [2.45, 2.75) is 20.8 Å². The number of rotatable bonds is 3. The standard InChI is InChI=1S/C16H16BrNO2/c1-10-8-11(2)16(15(17)9-10)20-14-6-4-13(5-7-14)18-12(3)19/h4-9H,1-3H3,(H,18,19). The van der Waals surface area contributed by atoms with Gasteiger partial charge >= 0.3 is 0 Å². The molecule has 0 saturated heterocycles. The van der Waals surface area contributed by atoms with Crippen LogP contribution < -0.4 is 10.1 Å². The summed E-state index contributed by atoms with van der Waals surface area (Å²) in [6.07, 6.45) is 0. The van der Waals surface area contributed by atoms with Crippen LogP contribution in [0.15, 0.2) is 40.9 Å². The molecular formula is C16H16BrNO2. The summed E-state index contributed by atoms with van der Waals surface area (Å²) in [5.74, 6) is 1.45. The van der Waals surface area contributed by atoms with Crippen molar-refractivity contribution in [3.05, 3.63) is 52.0 Å². The molecule has 1 N–H and O–H groups in total. The third kappa shape index (κ3) is 3.61. The zero-order valence-electron chi connectivity index (χ0n) is 11.7. The lowest BCUT2D eigenvalue weighted by Crippen LogP contribution is -2.05. The van der Waals surface area contributed by atoms with Crippen LogP contribution in [0.1, 0.15) is 18.1 Å². The minimum absolute atomic E-state index is 0.0872. The Labute approximate surface area is 127 Å². The molecule has 0 aromatic heterocycles. The Morgan fingerprint density at radius 1 is 1.15 bits per heavy atom. The Morgan fingerprint density at radius 2 is 1.80 bits per heavy atom. The van der Waals surface area contributed by atoms with Crippen LogP contribution in [0.3, 0.4) is 0 Å². The second kappa shape index (κ2) is 6.09. The summed E-state index contributed by atoms with van der Waals surface area (Å²) >= 11 is 3.52. The largest absolute Gasteiger partial charge is 0.456 e. The molecule has 1 amide bonds. The van der Waals surface area contributed by atoms with Crippen molar-refractivity contribution in [2.24, 2.45) is 0 Å². The summed E-state index contributed by atoms with van der Waals surface area (Å²) < 4.78 is 6.83. The van der Waals surface area contributed by atoms with E-state index in [0.717, 1.165) is 27.2 Å². The minimum atomic E-state index is -0.0872. The molecule has 2 aromatic rings. The first kappa shape index (κ1) is 14.6.